The number of ether oxygens (including phenoxy) is 1. The lowest BCUT2D eigenvalue weighted by molar-refractivity contribution is -0.139. The van der Waals surface area contributed by atoms with Crippen molar-refractivity contribution in [3.05, 3.63) is 65.5 Å². The van der Waals surface area contributed by atoms with Gasteiger partial charge in [-0.2, -0.15) is 0 Å². The van der Waals surface area contributed by atoms with E-state index in [4.69, 9.17) is 10.5 Å². The summed E-state index contributed by atoms with van der Waals surface area (Å²) in [6.07, 6.45) is 3.75. The van der Waals surface area contributed by atoms with Crippen LogP contribution in [0.2, 0.25) is 0 Å². The molecule has 0 aliphatic carbocycles. The van der Waals surface area contributed by atoms with Crippen LogP contribution >= 0.6 is 0 Å². The Morgan fingerprint density at radius 1 is 1.26 bits per heavy atom. The van der Waals surface area contributed by atoms with Gasteiger partial charge in [0.15, 0.2) is 0 Å². The molecular weight excluding hydrogens is 346 g/mol. The number of hydrogen-bond donors (Lipinski definition) is 2. The Labute approximate surface area is 157 Å². The van der Waals surface area contributed by atoms with Crippen molar-refractivity contribution in [2.24, 2.45) is 5.73 Å². The second-order valence-electron chi connectivity index (χ2n) is 6.15. The summed E-state index contributed by atoms with van der Waals surface area (Å²) in [5.74, 6) is -0.958. The molecule has 0 saturated carbocycles. The second kappa shape index (κ2) is 8.01. The first-order valence-electron chi connectivity index (χ1n) is 8.61. The number of aromatic nitrogens is 1. The summed E-state index contributed by atoms with van der Waals surface area (Å²) in [6.45, 7) is 0.710. The van der Waals surface area contributed by atoms with E-state index in [2.05, 4.69) is 4.98 Å². The number of rotatable bonds is 6. The van der Waals surface area contributed by atoms with Gasteiger partial charge < -0.3 is 20.5 Å². The molecule has 1 aromatic carbocycles. The Hall–Kier alpha value is -3.19. The van der Waals surface area contributed by atoms with Gasteiger partial charge in [-0.25, -0.2) is 0 Å². The van der Waals surface area contributed by atoms with Crippen LogP contribution in [0.5, 0.6) is 5.75 Å². The molecule has 3 N–H and O–H groups in total. The van der Waals surface area contributed by atoms with E-state index < -0.39 is 17.7 Å². The Morgan fingerprint density at radius 3 is 2.59 bits per heavy atom. The first-order valence-corrected chi connectivity index (χ1v) is 8.61. The molecule has 27 heavy (non-hydrogen) atoms. The number of carbonyl (C=O) groups is 2. The summed E-state index contributed by atoms with van der Waals surface area (Å²) in [7, 11) is 1.54. The number of hydrogen-bond acceptors (Lipinski definition) is 6. The molecule has 0 radical (unpaired) electrons. The van der Waals surface area contributed by atoms with E-state index in [0.717, 1.165) is 0 Å². The van der Waals surface area contributed by atoms with Gasteiger partial charge in [-0.1, -0.05) is 6.07 Å². The molecule has 140 valence electrons. The molecule has 0 spiro atoms. The van der Waals surface area contributed by atoms with E-state index in [1.807, 2.05) is 0 Å². The fraction of sp³-hybridized carbons (Fsp3) is 0.250. The van der Waals surface area contributed by atoms with Crippen molar-refractivity contribution in [2.45, 2.75) is 12.5 Å². The maximum atomic E-state index is 12.7. The first-order chi connectivity index (χ1) is 13.1. The third-order valence-electron chi connectivity index (χ3n) is 4.51. The Morgan fingerprint density at radius 2 is 2.00 bits per heavy atom. The summed E-state index contributed by atoms with van der Waals surface area (Å²) in [6, 6.07) is 9.44. The number of aliphatic hydroxyl groups excluding tert-OH is 1. The monoisotopic (exact) mass is 367 g/mol. The Balaban J connectivity index is 2.11. The van der Waals surface area contributed by atoms with Crippen molar-refractivity contribution < 1.29 is 19.4 Å². The number of pyridine rings is 1. The zero-order chi connectivity index (χ0) is 19.4. The zero-order valence-electron chi connectivity index (χ0n) is 15.0. The van der Waals surface area contributed by atoms with Crippen LogP contribution in [0.1, 0.15) is 23.6 Å². The van der Waals surface area contributed by atoms with Crippen LogP contribution in [0.3, 0.4) is 0 Å². The molecule has 1 fully saturated rings. The molecule has 1 atom stereocenters. The Kier molecular flexibility index (Phi) is 5.52. The van der Waals surface area contributed by atoms with Crippen molar-refractivity contribution >= 4 is 17.4 Å². The van der Waals surface area contributed by atoms with Crippen LogP contribution in [0.25, 0.3) is 5.76 Å². The van der Waals surface area contributed by atoms with Gasteiger partial charge in [-0.3, -0.25) is 14.6 Å². The van der Waals surface area contributed by atoms with Crippen molar-refractivity contribution in [1.29, 1.82) is 0 Å². The van der Waals surface area contributed by atoms with Crippen molar-refractivity contribution in [3.63, 3.8) is 0 Å². The van der Waals surface area contributed by atoms with E-state index in [9.17, 15) is 14.7 Å². The van der Waals surface area contributed by atoms with E-state index in [1.54, 1.807) is 55.9 Å². The van der Waals surface area contributed by atoms with E-state index >= 15 is 0 Å². The molecule has 3 rings (SSSR count). The average molecular weight is 367 g/mol. The average Bonchev–Trinajstić information content (AvgIpc) is 2.97. The lowest BCUT2D eigenvalue weighted by atomic mass is 9.96. The van der Waals surface area contributed by atoms with Crippen LogP contribution in [-0.4, -0.2) is 46.9 Å². The number of Topliss-reactive ketones (excluding diaryl/α,β-unsaturated/α-hetero) is 1. The normalized spacial score (nSPS) is 18.7. The minimum absolute atomic E-state index is 0.0511. The minimum Gasteiger partial charge on any atom is -0.507 e. The molecule has 1 amide bonds. The summed E-state index contributed by atoms with van der Waals surface area (Å²) in [5, 5.41) is 10.8. The third-order valence-corrected chi connectivity index (χ3v) is 4.51. The fourth-order valence-electron chi connectivity index (χ4n) is 3.16. The predicted octanol–water partition coefficient (Wildman–Crippen LogP) is 1.86. The second-order valence-corrected chi connectivity index (χ2v) is 6.15. The van der Waals surface area contributed by atoms with Crippen LogP contribution in [0.15, 0.2) is 54.4 Å². The summed E-state index contributed by atoms with van der Waals surface area (Å²) in [4.78, 5) is 30.8. The SMILES string of the molecule is COc1ccc(C(O)=C2C(=O)C(=O)N(CCCN)[C@H]2c2cccnc2)cc1. The van der Waals surface area contributed by atoms with Gasteiger partial charge in [0.2, 0.25) is 0 Å². The molecule has 2 heterocycles. The van der Waals surface area contributed by atoms with Gasteiger partial charge in [0.1, 0.15) is 11.5 Å². The zero-order valence-corrected chi connectivity index (χ0v) is 15.0. The van der Waals surface area contributed by atoms with Crippen LogP contribution in [0, 0.1) is 0 Å². The van der Waals surface area contributed by atoms with Crippen molar-refractivity contribution in [2.75, 3.05) is 20.2 Å². The molecule has 1 aliphatic heterocycles. The van der Waals surface area contributed by atoms with Crippen LogP contribution in [0.4, 0.5) is 0 Å². The lowest BCUT2D eigenvalue weighted by Gasteiger charge is -2.24. The third kappa shape index (κ3) is 3.54. The molecule has 2 aromatic rings. The standard InChI is InChI=1S/C20H21N3O4/c1-27-15-7-5-13(6-8-15)18(24)16-17(14-4-2-10-22-12-14)23(11-3-9-21)20(26)19(16)25/h2,4-8,10,12,17,24H,3,9,11,21H2,1H3/t17-/m0/s1. The number of carbonyl (C=O) groups excluding carboxylic acids is 2. The maximum Gasteiger partial charge on any atom is 0.295 e. The Bertz CT molecular complexity index is 863. The van der Waals surface area contributed by atoms with E-state index in [1.165, 1.54) is 4.90 Å². The molecule has 1 aliphatic rings. The van der Waals surface area contributed by atoms with Gasteiger partial charge >= 0.3 is 0 Å². The van der Waals surface area contributed by atoms with Crippen LogP contribution in [-0.2, 0) is 9.59 Å². The first kappa shape index (κ1) is 18.6. The number of methoxy groups -OCH3 is 1. The number of benzene rings is 1. The number of ketones is 1. The molecule has 7 heteroatoms. The number of amides is 1. The number of nitrogens with two attached hydrogens (primary N) is 1. The smallest absolute Gasteiger partial charge is 0.295 e. The summed E-state index contributed by atoms with van der Waals surface area (Å²) >= 11 is 0. The molecular formula is C20H21N3O4. The van der Waals surface area contributed by atoms with Gasteiger partial charge in [0, 0.05) is 24.5 Å². The molecule has 1 saturated heterocycles. The number of likely N-dealkylation sites (tertiary alicyclic amines) is 1. The van der Waals surface area contributed by atoms with Gasteiger partial charge in [0.05, 0.1) is 18.7 Å². The molecule has 0 bridgehead atoms. The largest absolute Gasteiger partial charge is 0.507 e. The summed E-state index contributed by atoms with van der Waals surface area (Å²) in [5.41, 5.74) is 6.71. The van der Waals surface area contributed by atoms with Gasteiger partial charge in [-0.15, -0.1) is 0 Å². The van der Waals surface area contributed by atoms with Crippen molar-refractivity contribution in [3.8, 4) is 5.75 Å². The minimum atomic E-state index is -0.714. The van der Waals surface area contributed by atoms with Gasteiger partial charge in [-0.05, 0) is 48.9 Å². The van der Waals surface area contributed by atoms with Gasteiger partial charge in [0.25, 0.3) is 11.7 Å². The molecule has 1 aromatic heterocycles. The number of nitrogens with zero attached hydrogens (tertiary/aromatic N) is 2. The quantitative estimate of drug-likeness (QED) is 0.459. The van der Waals surface area contributed by atoms with Crippen molar-refractivity contribution in [1.82, 2.24) is 9.88 Å². The maximum absolute atomic E-state index is 12.7. The highest BCUT2D eigenvalue weighted by molar-refractivity contribution is 6.46. The lowest BCUT2D eigenvalue weighted by Crippen LogP contribution is -2.31. The summed E-state index contributed by atoms with van der Waals surface area (Å²) < 4.78 is 5.12. The highest BCUT2D eigenvalue weighted by Crippen LogP contribution is 2.39. The molecule has 7 nitrogen and oxygen atoms in total. The van der Waals surface area contributed by atoms with Crippen LogP contribution < -0.4 is 10.5 Å². The van der Waals surface area contributed by atoms with E-state index in [-0.39, 0.29) is 11.3 Å². The number of aliphatic hydroxyl groups is 1. The highest BCUT2D eigenvalue weighted by atomic mass is 16.5. The van der Waals surface area contributed by atoms with E-state index in [0.29, 0.717) is 36.4 Å². The fourth-order valence-corrected chi connectivity index (χ4v) is 3.16. The molecule has 0 unspecified atom stereocenters. The highest BCUT2D eigenvalue weighted by Gasteiger charge is 2.45. The predicted molar refractivity (Wildman–Crippen MR) is 99.9 cm³/mol. The topological polar surface area (TPSA) is 106 Å².